The summed E-state index contributed by atoms with van der Waals surface area (Å²) in [6.07, 6.45) is 0.125. The molecule has 1 aromatic rings. The van der Waals surface area contributed by atoms with Gasteiger partial charge in [-0.3, -0.25) is 14.9 Å². The van der Waals surface area contributed by atoms with Crippen LogP contribution in [0.2, 0.25) is 0 Å². The van der Waals surface area contributed by atoms with Crippen LogP contribution in [0.25, 0.3) is 0 Å². The molecule has 1 saturated heterocycles. The van der Waals surface area contributed by atoms with E-state index in [1.807, 2.05) is 0 Å². The summed E-state index contributed by atoms with van der Waals surface area (Å²) >= 11 is 0. The lowest BCUT2D eigenvalue weighted by atomic mass is 9.90. The molecule has 1 aromatic carbocycles. The van der Waals surface area contributed by atoms with Crippen LogP contribution in [0.15, 0.2) is 17.0 Å². The summed E-state index contributed by atoms with van der Waals surface area (Å²) in [5.74, 6) is -0.897. The number of ether oxygens (including phenoxy) is 2. The molecule has 0 saturated carbocycles. The van der Waals surface area contributed by atoms with E-state index in [1.165, 1.54) is 6.92 Å². The Bertz CT molecular complexity index is 853. The second kappa shape index (κ2) is 5.85. The van der Waals surface area contributed by atoms with E-state index in [2.05, 4.69) is 0 Å². The largest absolute Gasteiger partial charge is 0.486 e. The number of aliphatic carboxylic acids is 1. The fourth-order valence-corrected chi connectivity index (χ4v) is 4.56. The quantitative estimate of drug-likeness (QED) is 0.607. The Hall–Kier alpha value is -2.40. The number of benzene rings is 1. The van der Waals surface area contributed by atoms with Gasteiger partial charge in [-0.25, -0.2) is 8.42 Å². The molecule has 0 radical (unpaired) electrons. The van der Waals surface area contributed by atoms with Gasteiger partial charge in [0.05, 0.1) is 16.4 Å². The molecule has 1 atom stereocenters. The van der Waals surface area contributed by atoms with E-state index in [-0.39, 0.29) is 44.2 Å². The van der Waals surface area contributed by atoms with Crippen molar-refractivity contribution in [2.75, 3.05) is 26.3 Å². The number of sulfonamides is 1. The lowest BCUT2D eigenvalue weighted by Crippen LogP contribution is -2.35. The van der Waals surface area contributed by atoms with Gasteiger partial charge in [0.15, 0.2) is 16.4 Å². The first kappa shape index (κ1) is 17.4. The van der Waals surface area contributed by atoms with Crippen LogP contribution in [0, 0.1) is 15.5 Å². The summed E-state index contributed by atoms with van der Waals surface area (Å²) < 4.78 is 37.3. The van der Waals surface area contributed by atoms with Crippen LogP contribution in [0.1, 0.15) is 13.3 Å². The van der Waals surface area contributed by atoms with Gasteiger partial charge in [-0.1, -0.05) is 0 Å². The summed E-state index contributed by atoms with van der Waals surface area (Å²) in [5.41, 5.74) is -1.86. The number of fused-ring (bicyclic) bond motifs is 1. The van der Waals surface area contributed by atoms with E-state index in [0.717, 1.165) is 16.4 Å². The van der Waals surface area contributed by atoms with Gasteiger partial charge in [-0.05, 0) is 13.3 Å². The molecule has 10 nitrogen and oxygen atoms in total. The first-order chi connectivity index (χ1) is 11.6. The average molecular weight is 372 g/mol. The van der Waals surface area contributed by atoms with Crippen LogP contribution < -0.4 is 9.47 Å². The van der Waals surface area contributed by atoms with E-state index in [0.29, 0.717) is 0 Å². The zero-order chi connectivity index (χ0) is 18.4. The van der Waals surface area contributed by atoms with Crippen LogP contribution >= 0.6 is 0 Å². The average Bonchev–Trinajstić information content (AvgIpc) is 2.98. The second-order valence-corrected chi connectivity index (χ2v) is 8.08. The third-order valence-corrected chi connectivity index (χ3v) is 6.27. The molecule has 136 valence electrons. The first-order valence-electron chi connectivity index (χ1n) is 7.47. The highest BCUT2D eigenvalue weighted by Gasteiger charge is 2.46. The van der Waals surface area contributed by atoms with Gasteiger partial charge in [-0.2, -0.15) is 4.31 Å². The lowest BCUT2D eigenvalue weighted by molar-refractivity contribution is -0.388. The summed E-state index contributed by atoms with van der Waals surface area (Å²) in [5, 5.41) is 20.6. The van der Waals surface area contributed by atoms with Gasteiger partial charge in [0.25, 0.3) is 5.69 Å². The zero-order valence-corrected chi connectivity index (χ0v) is 14.1. The van der Waals surface area contributed by atoms with Gasteiger partial charge in [0.1, 0.15) is 13.2 Å². The summed E-state index contributed by atoms with van der Waals surface area (Å²) in [6, 6.07) is 2.09. The minimum Gasteiger partial charge on any atom is -0.486 e. The number of carboxylic acids is 1. The summed E-state index contributed by atoms with van der Waals surface area (Å²) in [6.45, 7) is 1.57. The summed E-state index contributed by atoms with van der Waals surface area (Å²) in [7, 11) is -4.26. The van der Waals surface area contributed by atoms with Gasteiger partial charge in [0, 0.05) is 19.2 Å². The van der Waals surface area contributed by atoms with E-state index in [1.54, 1.807) is 0 Å². The maximum Gasteiger partial charge on any atom is 0.310 e. The highest BCUT2D eigenvalue weighted by atomic mass is 32.2. The molecule has 1 N–H and O–H groups in total. The zero-order valence-electron chi connectivity index (χ0n) is 13.3. The van der Waals surface area contributed by atoms with E-state index in [9.17, 15) is 28.4 Å². The predicted molar refractivity (Wildman–Crippen MR) is 83.2 cm³/mol. The van der Waals surface area contributed by atoms with Crippen LogP contribution in [-0.4, -0.2) is 55.0 Å². The molecule has 11 heteroatoms. The highest BCUT2D eigenvalue weighted by molar-refractivity contribution is 7.89. The number of nitrogens with zero attached hydrogens (tertiary/aromatic N) is 2. The van der Waals surface area contributed by atoms with Gasteiger partial charge < -0.3 is 14.6 Å². The molecule has 2 aliphatic rings. The number of hydrogen-bond acceptors (Lipinski definition) is 7. The van der Waals surface area contributed by atoms with Crippen molar-refractivity contribution < 1.29 is 32.7 Å². The minimum absolute atomic E-state index is 0.0310. The van der Waals surface area contributed by atoms with Crippen molar-refractivity contribution in [1.82, 2.24) is 4.31 Å². The standard InChI is InChI=1S/C14H16N2O8S/c1-14(13(17)18)2-3-15(8-14)25(21,22)12-7-11-10(23-4-5-24-11)6-9(12)16(19)20/h6-7H,2-5,8H2,1H3,(H,17,18). The molecule has 1 unspecified atom stereocenters. The third-order valence-electron chi connectivity index (χ3n) is 4.39. The van der Waals surface area contributed by atoms with E-state index in [4.69, 9.17) is 9.47 Å². The Morgan fingerprint density at radius 2 is 1.92 bits per heavy atom. The predicted octanol–water partition coefficient (Wildman–Crippen LogP) is 0.851. The molecule has 0 amide bonds. The normalized spacial score (nSPS) is 23.4. The highest BCUT2D eigenvalue weighted by Crippen LogP contribution is 2.41. The number of nitro benzene ring substituents is 1. The Balaban J connectivity index is 2.05. The number of nitro groups is 1. The lowest BCUT2D eigenvalue weighted by Gasteiger charge is -2.22. The molecule has 0 aliphatic carbocycles. The van der Waals surface area contributed by atoms with Crippen molar-refractivity contribution in [3.05, 3.63) is 22.2 Å². The number of carboxylic acid groups (broad SMARTS) is 1. The van der Waals surface area contributed by atoms with Crippen molar-refractivity contribution in [1.29, 1.82) is 0 Å². The van der Waals surface area contributed by atoms with Gasteiger partial charge in [-0.15, -0.1) is 0 Å². The number of carbonyl (C=O) groups is 1. The van der Waals surface area contributed by atoms with Crippen LogP contribution in [0.4, 0.5) is 5.69 Å². The molecule has 0 bridgehead atoms. The Labute approximate surface area is 143 Å². The van der Waals surface area contributed by atoms with E-state index < -0.39 is 36.9 Å². The molecule has 0 aromatic heterocycles. The molecule has 0 spiro atoms. The topological polar surface area (TPSA) is 136 Å². The maximum absolute atomic E-state index is 12.9. The van der Waals surface area contributed by atoms with Crippen molar-refractivity contribution in [3.63, 3.8) is 0 Å². The van der Waals surface area contributed by atoms with Crippen molar-refractivity contribution >= 4 is 21.7 Å². The van der Waals surface area contributed by atoms with Crippen molar-refractivity contribution in [3.8, 4) is 11.5 Å². The number of rotatable bonds is 4. The monoisotopic (exact) mass is 372 g/mol. The maximum atomic E-state index is 12.9. The molecule has 3 rings (SSSR count). The van der Waals surface area contributed by atoms with Crippen LogP contribution in [0.3, 0.4) is 0 Å². The summed E-state index contributed by atoms with van der Waals surface area (Å²) in [4.78, 5) is 21.3. The van der Waals surface area contributed by atoms with Crippen LogP contribution in [0.5, 0.6) is 11.5 Å². The molecular formula is C14H16N2O8S. The fourth-order valence-electron chi connectivity index (χ4n) is 2.85. The van der Waals surface area contributed by atoms with Crippen molar-refractivity contribution in [2.45, 2.75) is 18.2 Å². The van der Waals surface area contributed by atoms with Gasteiger partial charge >= 0.3 is 5.97 Å². The Morgan fingerprint density at radius 1 is 1.32 bits per heavy atom. The molecule has 2 aliphatic heterocycles. The second-order valence-electron chi connectivity index (χ2n) is 6.18. The minimum atomic E-state index is -4.26. The molecule has 2 heterocycles. The molecular weight excluding hydrogens is 356 g/mol. The number of hydrogen-bond donors (Lipinski definition) is 1. The first-order valence-corrected chi connectivity index (χ1v) is 8.91. The Morgan fingerprint density at radius 3 is 2.44 bits per heavy atom. The smallest absolute Gasteiger partial charge is 0.310 e. The molecule has 1 fully saturated rings. The molecule has 25 heavy (non-hydrogen) atoms. The fraction of sp³-hybridized carbons (Fsp3) is 0.500. The SMILES string of the molecule is CC1(C(=O)O)CCN(S(=O)(=O)c2cc3c(cc2[N+](=O)[O-])OCCO3)C1. The van der Waals surface area contributed by atoms with E-state index >= 15 is 0 Å². The van der Waals surface area contributed by atoms with Crippen LogP contribution in [-0.2, 0) is 14.8 Å². The van der Waals surface area contributed by atoms with Crippen molar-refractivity contribution in [2.24, 2.45) is 5.41 Å². The van der Waals surface area contributed by atoms with Gasteiger partial charge in [0.2, 0.25) is 10.0 Å². The Kier molecular flexibility index (Phi) is 4.07. The third kappa shape index (κ3) is 2.89.